The summed E-state index contributed by atoms with van der Waals surface area (Å²) in [6.45, 7) is 3.42. The molecule has 0 bridgehead atoms. The number of esters is 2. The largest absolute Gasteiger partial charge is 0.493 e. The Labute approximate surface area is 230 Å². The van der Waals surface area contributed by atoms with Crippen LogP contribution in [-0.4, -0.2) is 43.9 Å². The first kappa shape index (κ1) is 27.3. The van der Waals surface area contributed by atoms with Crippen LogP contribution in [0.2, 0.25) is 0 Å². The van der Waals surface area contributed by atoms with Gasteiger partial charge in [0.15, 0.2) is 22.9 Å². The number of aromatic nitrogens is 1. The topological polar surface area (TPSA) is 105 Å². The first-order chi connectivity index (χ1) is 18.3. The van der Waals surface area contributed by atoms with Crippen molar-refractivity contribution in [1.82, 2.24) is 4.57 Å². The standard InChI is InChI=1S/C27H25BrN2O7S/c1-5-36-21(31)14-37-24-18(28)11-16(12-19(24)34-3)13-20-25(32)30-23(17-9-7-6-8-10-17)22(26(33)35-4)15(2)29-27(30)38-20/h6-13,23H,5,14H2,1-4H3. The molecule has 1 aromatic heterocycles. The molecule has 198 valence electrons. The van der Waals surface area contributed by atoms with E-state index in [1.165, 1.54) is 30.1 Å². The summed E-state index contributed by atoms with van der Waals surface area (Å²) in [6, 6.07) is 12.1. The molecule has 1 aliphatic heterocycles. The number of hydrogen-bond donors (Lipinski definition) is 0. The number of allylic oxidation sites excluding steroid dienone is 1. The molecule has 0 saturated heterocycles. The van der Waals surface area contributed by atoms with Crippen molar-refractivity contribution in [3.8, 4) is 11.5 Å². The Balaban J connectivity index is 1.81. The molecule has 2 heterocycles. The Hall–Kier alpha value is -3.70. The van der Waals surface area contributed by atoms with Gasteiger partial charge in [0, 0.05) is 0 Å². The van der Waals surface area contributed by atoms with Gasteiger partial charge in [-0.25, -0.2) is 14.6 Å². The van der Waals surface area contributed by atoms with Crippen molar-refractivity contribution < 1.29 is 28.5 Å². The van der Waals surface area contributed by atoms with E-state index in [4.69, 9.17) is 18.9 Å². The quantitative estimate of drug-likeness (QED) is 0.366. The molecule has 1 atom stereocenters. The monoisotopic (exact) mass is 600 g/mol. The third-order valence-corrected chi connectivity index (χ3v) is 7.30. The summed E-state index contributed by atoms with van der Waals surface area (Å²) < 4.78 is 23.5. The van der Waals surface area contributed by atoms with Gasteiger partial charge in [0.25, 0.3) is 5.56 Å². The second-order valence-corrected chi connectivity index (χ2v) is 9.98. The molecule has 38 heavy (non-hydrogen) atoms. The zero-order chi connectivity index (χ0) is 27.4. The highest BCUT2D eigenvalue weighted by Gasteiger charge is 2.32. The molecule has 0 N–H and O–H groups in total. The molecule has 0 aliphatic carbocycles. The maximum atomic E-state index is 13.7. The van der Waals surface area contributed by atoms with Crippen LogP contribution in [0.3, 0.4) is 0 Å². The number of benzene rings is 2. The summed E-state index contributed by atoms with van der Waals surface area (Å²) in [4.78, 5) is 43.2. The SMILES string of the molecule is CCOC(=O)COc1c(Br)cc(C=c2sc3n(c2=O)C(c2ccccc2)C(C(=O)OC)=C(C)N=3)cc1OC. The van der Waals surface area contributed by atoms with Gasteiger partial charge in [-0.3, -0.25) is 9.36 Å². The van der Waals surface area contributed by atoms with Crippen LogP contribution in [0, 0.1) is 0 Å². The molecule has 1 aliphatic rings. The van der Waals surface area contributed by atoms with E-state index in [1.807, 2.05) is 30.3 Å². The van der Waals surface area contributed by atoms with Crippen molar-refractivity contribution in [3.05, 3.63) is 89.0 Å². The average molecular weight is 601 g/mol. The van der Waals surface area contributed by atoms with Gasteiger partial charge in [-0.2, -0.15) is 0 Å². The summed E-state index contributed by atoms with van der Waals surface area (Å²) in [5, 5.41) is 0. The van der Waals surface area contributed by atoms with E-state index < -0.39 is 18.0 Å². The van der Waals surface area contributed by atoms with Gasteiger partial charge in [0.2, 0.25) is 0 Å². The lowest BCUT2D eigenvalue weighted by atomic mass is 9.96. The molecule has 1 unspecified atom stereocenters. The van der Waals surface area contributed by atoms with Crippen molar-refractivity contribution in [2.24, 2.45) is 4.99 Å². The van der Waals surface area contributed by atoms with E-state index >= 15 is 0 Å². The van der Waals surface area contributed by atoms with Crippen LogP contribution in [0.25, 0.3) is 6.08 Å². The van der Waals surface area contributed by atoms with E-state index in [1.54, 1.807) is 32.1 Å². The molecule has 0 fully saturated rings. The zero-order valence-corrected chi connectivity index (χ0v) is 23.6. The molecule has 4 rings (SSSR count). The van der Waals surface area contributed by atoms with Gasteiger partial charge in [0.05, 0.1) is 47.1 Å². The van der Waals surface area contributed by atoms with Gasteiger partial charge in [-0.1, -0.05) is 41.7 Å². The molecule has 0 saturated carbocycles. The van der Waals surface area contributed by atoms with E-state index in [-0.39, 0.29) is 18.8 Å². The molecular formula is C27H25BrN2O7S. The second kappa shape index (κ2) is 11.8. The van der Waals surface area contributed by atoms with Crippen LogP contribution in [0.15, 0.2) is 68.0 Å². The highest BCUT2D eigenvalue weighted by atomic mass is 79.9. The Bertz CT molecular complexity index is 1590. The van der Waals surface area contributed by atoms with Gasteiger partial charge in [-0.15, -0.1) is 0 Å². The van der Waals surface area contributed by atoms with E-state index in [0.717, 1.165) is 5.56 Å². The smallest absolute Gasteiger partial charge is 0.344 e. The minimum Gasteiger partial charge on any atom is -0.493 e. The molecule has 3 aromatic rings. The Morgan fingerprint density at radius 3 is 2.58 bits per heavy atom. The molecule has 9 nitrogen and oxygen atoms in total. The Morgan fingerprint density at radius 2 is 1.92 bits per heavy atom. The highest BCUT2D eigenvalue weighted by Crippen LogP contribution is 2.37. The number of fused-ring (bicyclic) bond motifs is 1. The predicted octanol–water partition coefficient (Wildman–Crippen LogP) is 3.12. The van der Waals surface area contributed by atoms with Crippen molar-refractivity contribution in [3.63, 3.8) is 0 Å². The summed E-state index contributed by atoms with van der Waals surface area (Å²) in [5.41, 5.74) is 1.93. The summed E-state index contributed by atoms with van der Waals surface area (Å²) >= 11 is 4.68. The molecule has 0 spiro atoms. The highest BCUT2D eigenvalue weighted by molar-refractivity contribution is 9.10. The van der Waals surface area contributed by atoms with Crippen molar-refractivity contribution >= 4 is 45.3 Å². The number of carbonyl (C=O) groups excluding carboxylic acids is 2. The summed E-state index contributed by atoms with van der Waals surface area (Å²) in [7, 11) is 2.79. The normalized spacial score (nSPS) is 15.0. The molecule has 0 amide bonds. The van der Waals surface area contributed by atoms with Crippen LogP contribution in [0.1, 0.15) is 31.0 Å². The third-order valence-electron chi connectivity index (χ3n) is 5.73. The van der Waals surface area contributed by atoms with Gasteiger partial charge >= 0.3 is 11.9 Å². The Kier molecular flexibility index (Phi) is 8.48. The molecule has 2 aromatic carbocycles. The van der Waals surface area contributed by atoms with Crippen LogP contribution >= 0.6 is 27.3 Å². The summed E-state index contributed by atoms with van der Waals surface area (Å²) in [6.07, 6.45) is 1.71. The fourth-order valence-electron chi connectivity index (χ4n) is 4.09. The number of hydrogen-bond acceptors (Lipinski definition) is 9. The van der Waals surface area contributed by atoms with Crippen LogP contribution in [0.4, 0.5) is 0 Å². The molecular weight excluding hydrogens is 576 g/mol. The molecule has 11 heteroatoms. The number of nitrogens with zero attached hydrogens (tertiary/aromatic N) is 2. The minimum absolute atomic E-state index is 0.252. The second-order valence-electron chi connectivity index (χ2n) is 8.11. The number of thiazole rings is 1. The lowest BCUT2D eigenvalue weighted by Crippen LogP contribution is -2.39. The fourth-order valence-corrected chi connectivity index (χ4v) is 5.71. The summed E-state index contributed by atoms with van der Waals surface area (Å²) in [5.74, 6) is -0.335. The fraction of sp³-hybridized carbons (Fsp3) is 0.259. The average Bonchev–Trinajstić information content (AvgIpc) is 3.21. The maximum Gasteiger partial charge on any atom is 0.344 e. The number of methoxy groups -OCH3 is 2. The van der Waals surface area contributed by atoms with Gasteiger partial charge in [0.1, 0.15) is 0 Å². The first-order valence-electron chi connectivity index (χ1n) is 11.6. The van der Waals surface area contributed by atoms with Crippen LogP contribution in [0.5, 0.6) is 11.5 Å². The minimum atomic E-state index is -0.679. The van der Waals surface area contributed by atoms with Gasteiger partial charge < -0.3 is 18.9 Å². The van der Waals surface area contributed by atoms with Crippen molar-refractivity contribution in [1.29, 1.82) is 0 Å². The lowest BCUT2D eigenvalue weighted by Gasteiger charge is -2.24. The predicted molar refractivity (Wildman–Crippen MR) is 145 cm³/mol. The number of halogens is 1. The number of carbonyl (C=O) groups is 2. The Morgan fingerprint density at radius 1 is 1.18 bits per heavy atom. The van der Waals surface area contributed by atoms with E-state index in [2.05, 4.69) is 20.9 Å². The number of ether oxygens (including phenoxy) is 4. The number of rotatable bonds is 8. The van der Waals surface area contributed by atoms with E-state index in [9.17, 15) is 14.4 Å². The van der Waals surface area contributed by atoms with Crippen molar-refractivity contribution in [2.75, 3.05) is 27.4 Å². The lowest BCUT2D eigenvalue weighted by molar-refractivity contribution is -0.145. The zero-order valence-electron chi connectivity index (χ0n) is 21.1. The van der Waals surface area contributed by atoms with Gasteiger partial charge in [-0.05, 0) is 59.1 Å². The van der Waals surface area contributed by atoms with Crippen molar-refractivity contribution in [2.45, 2.75) is 19.9 Å². The van der Waals surface area contributed by atoms with Crippen LogP contribution < -0.4 is 24.4 Å². The third kappa shape index (κ3) is 5.44. The first-order valence-corrected chi connectivity index (χ1v) is 13.2. The maximum absolute atomic E-state index is 13.7. The van der Waals surface area contributed by atoms with Crippen LogP contribution in [-0.2, 0) is 19.1 Å². The molecule has 0 radical (unpaired) electrons. The van der Waals surface area contributed by atoms with E-state index in [0.29, 0.717) is 42.1 Å².